The molecule has 2 aromatic carbocycles. The second-order valence-corrected chi connectivity index (χ2v) is 8.20. The number of rotatable bonds is 3. The number of hydrazine groups is 1. The molecule has 10 nitrogen and oxygen atoms in total. The van der Waals surface area contributed by atoms with Crippen LogP contribution in [0.15, 0.2) is 47.6 Å². The van der Waals surface area contributed by atoms with E-state index < -0.39 is 29.5 Å². The maximum atomic E-state index is 13.4. The molecule has 0 saturated carbocycles. The Bertz CT molecular complexity index is 1280. The second-order valence-electron chi connectivity index (χ2n) is 7.14. The summed E-state index contributed by atoms with van der Waals surface area (Å²) in [6.45, 7) is 3.52. The van der Waals surface area contributed by atoms with Crippen LogP contribution in [-0.2, 0) is 14.4 Å². The molecule has 32 heavy (non-hydrogen) atoms. The van der Waals surface area contributed by atoms with Crippen LogP contribution in [0.5, 0.6) is 0 Å². The van der Waals surface area contributed by atoms with E-state index in [9.17, 15) is 19.2 Å². The van der Waals surface area contributed by atoms with Gasteiger partial charge in [-0.2, -0.15) is 5.10 Å². The number of ketones is 1. The molecule has 0 bridgehead atoms. The van der Waals surface area contributed by atoms with Gasteiger partial charge in [0.1, 0.15) is 16.6 Å². The Morgan fingerprint density at radius 1 is 1.12 bits per heavy atom. The molecule has 1 saturated heterocycles. The average molecular weight is 450 g/mol. The van der Waals surface area contributed by atoms with Gasteiger partial charge < -0.3 is 0 Å². The number of imide groups is 1. The van der Waals surface area contributed by atoms with Gasteiger partial charge in [-0.1, -0.05) is 24.3 Å². The van der Waals surface area contributed by atoms with Gasteiger partial charge in [-0.05, 0) is 43.2 Å². The quantitative estimate of drug-likeness (QED) is 0.182. The highest BCUT2D eigenvalue weighted by molar-refractivity contribution is 7.19. The minimum atomic E-state index is -1.35. The highest BCUT2D eigenvalue weighted by Gasteiger charge is 2.48. The number of nitrogens with two attached hydrogens (primary N) is 1. The summed E-state index contributed by atoms with van der Waals surface area (Å²) in [5.41, 5.74) is 5.87. The number of piperidine rings is 1. The topological polar surface area (TPSA) is 147 Å². The highest BCUT2D eigenvalue weighted by atomic mass is 32.1. The Morgan fingerprint density at radius 3 is 2.59 bits per heavy atom. The predicted octanol–water partition coefficient (Wildman–Crippen LogP) is 1.67. The van der Waals surface area contributed by atoms with Gasteiger partial charge in [0, 0.05) is 0 Å². The van der Waals surface area contributed by atoms with Crippen LogP contribution in [0.1, 0.15) is 22.1 Å². The number of aromatic nitrogens is 1. The zero-order valence-electron chi connectivity index (χ0n) is 17.1. The first kappa shape index (κ1) is 21.3. The van der Waals surface area contributed by atoms with Crippen molar-refractivity contribution in [3.05, 3.63) is 58.6 Å². The lowest BCUT2D eigenvalue weighted by Crippen LogP contribution is -2.55. The van der Waals surface area contributed by atoms with Crippen molar-refractivity contribution in [3.63, 3.8) is 0 Å². The number of amides is 4. The summed E-state index contributed by atoms with van der Waals surface area (Å²) >= 11 is 1.17. The van der Waals surface area contributed by atoms with E-state index in [4.69, 9.17) is 5.84 Å². The first-order chi connectivity index (χ1) is 15.3. The predicted molar refractivity (Wildman–Crippen MR) is 119 cm³/mol. The van der Waals surface area contributed by atoms with Gasteiger partial charge in [-0.3, -0.25) is 19.8 Å². The van der Waals surface area contributed by atoms with Gasteiger partial charge in [0.25, 0.3) is 5.91 Å². The van der Waals surface area contributed by atoms with Crippen molar-refractivity contribution in [3.8, 4) is 0 Å². The van der Waals surface area contributed by atoms with Gasteiger partial charge >= 0.3 is 11.9 Å². The van der Waals surface area contributed by atoms with E-state index in [1.54, 1.807) is 38.1 Å². The number of carbonyl (C=O) groups is 4. The van der Waals surface area contributed by atoms with Crippen LogP contribution in [0.4, 0.5) is 10.5 Å². The fourth-order valence-corrected chi connectivity index (χ4v) is 4.44. The number of anilines is 1. The molecule has 1 aliphatic heterocycles. The minimum Gasteiger partial charge on any atom is -0.287 e. The molecule has 4 rings (SSSR count). The van der Waals surface area contributed by atoms with Crippen molar-refractivity contribution in [1.29, 1.82) is 0 Å². The molecule has 1 unspecified atom stereocenters. The number of urea groups is 1. The lowest BCUT2D eigenvalue weighted by molar-refractivity contribution is -0.139. The monoisotopic (exact) mass is 450 g/mol. The van der Waals surface area contributed by atoms with E-state index in [0.717, 1.165) is 15.2 Å². The molecule has 0 radical (unpaired) electrons. The lowest BCUT2D eigenvalue weighted by atomic mass is 9.91. The summed E-state index contributed by atoms with van der Waals surface area (Å²) in [6.07, 6.45) is 0. The summed E-state index contributed by atoms with van der Waals surface area (Å²) in [4.78, 5) is 56.6. The van der Waals surface area contributed by atoms with Crippen molar-refractivity contribution < 1.29 is 19.2 Å². The fourth-order valence-electron chi connectivity index (χ4n) is 3.37. The first-order valence-corrected chi connectivity index (χ1v) is 10.3. The standard InChI is InChI=1S/C21H18N6O4S/c1-10-7-8-11(2)13(9-10)27-19(29)16(25-26-21(31)24-22)15(17(28)20(27)30)18-23-12-5-3-4-6-14(12)32-18/h3-9,15H,22H2,1-2H3,(H2,24,26,31)/b25-16-. The maximum absolute atomic E-state index is 13.4. The summed E-state index contributed by atoms with van der Waals surface area (Å²) in [5.74, 6) is 1.01. The Balaban J connectivity index is 1.86. The Morgan fingerprint density at radius 2 is 1.88 bits per heavy atom. The van der Waals surface area contributed by atoms with Gasteiger partial charge in [-0.25, -0.2) is 25.9 Å². The van der Waals surface area contributed by atoms with Gasteiger partial charge in [-0.15, -0.1) is 11.3 Å². The molecule has 11 heteroatoms. The van der Waals surface area contributed by atoms with Crippen molar-refractivity contribution in [2.24, 2.45) is 10.9 Å². The van der Waals surface area contributed by atoms with Crippen molar-refractivity contribution in [2.45, 2.75) is 19.8 Å². The van der Waals surface area contributed by atoms with Crippen LogP contribution < -0.4 is 21.6 Å². The highest BCUT2D eigenvalue weighted by Crippen LogP contribution is 2.34. The number of fused-ring (bicyclic) bond motifs is 1. The van der Waals surface area contributed by atoms with Gasteiger partial charge in [0.2, 0.25) is 5.78 Å². The third kappa shape index (κ3) is 3.63. The Kier molecular flexibility index (Phi) is 5.51. The molecular weight excluding hydrogens is 432 g/mol. The molecule has 4 N–H and O–H groups in total. The van der Waals surface area contributed by atoms with Crippen LogP contribution in [-0.4, -0.2) is 34.3 Å². The molecule has 1 fully saturated rings. The molecule has 1 aliphatic rings. The molecule has 4 amide bonds. The van der Waals surface area contributed by atoms with E-state index >= 15 is 0 Å². The third-order valence-electron chi connectivity index (χ3n) is 4.94. The minimum absolute atomic E-state index is 0.229. The second kappa shape index (κ2) is 8.29. The number of nitrogens with one attached hydrogen (secondary N) is 2. The smallest absolute Gasteiger partial charge is 0.287 e. The van der Waals surface area contributed by atoms with E-state index in [1.807, 2.05) is 23.6 Å². The number of hydrogen-bond donors (Lipinski definition) is 3. The molecule has 0 spiro atoms. The van der Waals surface area contributed by atoms with Crippen LogP contribution in [0.25, 0.3) is 10.2 Å². The Hall–Kier alpha value is -3.96. The van der Waals surface area contributed by atoms with E-state index in [1.165, 1.54) is 11.3 Å². The number of carbonyl (C=O) groups excluding carboxylic acids is 4. The zero-order chi connectivity index (χ0) is 23.0. The summed E-state index contributed by atoms with van der Waals surface area (Å²) in [7, 11) is 0. The van der Waals surface area contributed by atoms with Crippen LogP contribution in [0.2, 0.25) is 0 Å². The number of aryl methyl sites for hydroxylation is 2. The van der Waals surface area contributed by atoms with Gasteiger partial charge in [0.15, 0.2) is 0 Å². The molecule has 1 aromatic heterocycles. The maximum Gasteiger partial charge on any atom is 0.349 e. The number of hydrazone groups is 1. The molecular formula is C21H18N6O4S. The molecule has 3 aromatic rings. The Labute approximate surface area is 186 Å². The summed E-state index contributed by atoms with van der Waals surface area (Å²) in [5, 5.41) is 4.08. The molecule has 2 heterocycles. The van der Waals surface area contributed by atoms with Crippen LogP contribution in [0, 0.1) is 13.8 Å². The van der Waals surface area contributed by atoms with Crippen molar-refractivity contribution in [1.82, 2.24) is 15.8 Å². The van der Waals surface area contributed by atoms with Crippen molar-refractivity contribution >= 4 is 56.6 Å². The van der Waals surface area contributed by atoms with Crippen molar-refractivity contribution in [2.75, 3.05) is 4.90 Å². The SMILES string of the molecule is Cc1ccc(C)c(N2C(=O)C(=O)C(c3nc4ccccc4s3)/C(=N/NC(=O)NN)C2=O)c1. The molecule has 1 atom stereocenters. The van der Waals surface area contributed by atoms with E-state index in [-0.39, 0.29) is 16.4 Å². The largest absolute Gasteiger partial charge is 0.349 e. The third-order valence-corrected chi connectivity index (χ3v) is 6.04. The normalized spacial score (nSPS) is 17.8. The molecule has 162 valence electrons. The van der Waals surface area contributed by atoms with E-state index in [2.05, 4.69) is 15.5 Å². The first-order valence-electron chi connectivity index (χ1n) is 9.51. The number of para-hydroxylation sites is 1. The van der Waals surface area contributed by atoms with Crippen LogP contribution >= 0.6 is 11.3 Å². The number of hydrogen-bond acceptors (Lipinski definition) is 8. The number of Topliss-reactive ketones (excluding diaryl/α,β-unsaturated/α-hetero) is 1. The van der Waals surface area contributed by atoms with Gasteiger partial charge in [0.05, 0.1) is 15.9 Å². The average Bonchev–Trinajstić information content (AvgIpc) is 3.21. The number of nitrogens with zero attached hydrogens (tertiary/aromatic N) is 3. The van der Waals surface area contributed by atoms with Crippen LogP contribution in [0.3, 0.4) is 0 Å². The lowest BCUT2D eigenvalue weighted by Gasteiger charge is -2.30. The number of benzene rings is 2. The molecule has 0 aliphatic carbocycles. The summed E-state index contributed by atoms with van der Waals surface area (Å²) in [6, 6.07) is 11.5. The fraction of sp³-hybridized carbons (Fsp3) is 0.143. The summed E-state index contributed by atoms with van der Waals surface area (Å²) < 4.78 is 0.777. The van der Waals surface area contributed by atoms with E-state index in [0.29, 0.717) is 11.1 Å². The zero-order valence-corrected chi connectivity index (χ0v) is 17.9. The number of thiazole rings is 1.